The maximum absolute atomic E-state index is 13.3. The van der Waals surface area contributed by atoms with Crippen LogP contribution in [-0.2, 0) is 0 Å². The summed E-state index contributed by atoms with van der Waals surface area (Å²) >= 11 is 0. The SMILES string of the molecule is COc1cccc(N(C)c2ccc(F)cc2C(C)O)c1. The van der Waals surface area contributed by atoms with Gasteiger partial charge in [-0.25, -0.2) is 4.39 Å². The number of anilines is 2. The zero-order valence-electron chi connectivity index (χ0n) is 11.8. The third kappa shape index (κ3) is 2.91. The molecule has 2 rings (SSSR count). The van der Waals surface area contributed by atoms with Crippen molar-refractivity contribution in [1.29, 1.82) is 0 Å². The van der Waals surface area contributed by atoms with E-state index in [1.807, 2.05) is 36.2 Å². The van der Waals surface area contributed by atoms with Crippen molar-refractivity contribution in [3.8, 4) is 5.75 Å². The second kappa shape index (κ2) is 5.92. The number of aliphatic hydroxyl groups is 1. The summed E-state index contributed by atoms with van der Waals surface area (Å²) in [6, 6.07) is 12.0. The zero-order chi connectivity index (χ0) is 14.7. The monoisotopic (exact) mass is 275 g/mol. The molecule has 0 fully saturated rings. The molecule has 4 heteroatoms. The molecule has 1 unspecified atom stereocenters. The molecular formula is C16H18FNO2. The minimum atomic E-state index is -0.742. The third-order valence-corrected chi connectivity index (χ3v) is 3.24. The van der Waals surface area contributed by atoms with Crippen LogP contribution >= 0.6 is 0 Å². The predicted molar refractivity (Wildman–Crippen MR) is 78.1 cm³/mol. The Labute approximate surface area is 118 Å². The van der Waals surface area contributed by atoms with Gasteiger partial charge in [0, 0.05) is 30.1 Å². The molecule has 0 aromatic heterocycles. The summed E-state index contributed by atoms with van der Waals surface area (Å²) in [4.78, 5) is 1.89. The van der Waals surface area contributed by atoms with Crippen LogP contribution in [0, 0.1) is 5.82 Å². The van der Waals surface area contributed by atoms with Crippen LogP contribution in [0.4, 0.5) is 15.8 Å². The van der Waals surface area contributed by atoms with Gasteiger partial charge < -0.3 is 14.7 Å². The van der Waals surface area contributed by atoms with Gasteiger partial charge in [-0.15, -0.1) is 0 Å². The van der Waals surface area contributed by atoms with E-state index in [9.17, 15) is 9.50 Å². The third-order valence-electron chi connectivity index (χ3n) is 3.24. The maximum Gasteiger partial charge on any atom is 0.123 e. The normalized spacial score (nSPS) is 12.1. The van der Waals surface area contributed by atoms with Gasteiger partial charge in [0.15, 0.2) is 0 Å². The first-order chi connectivity index (χ1) is 9.52. The van der Waals surface area contributed by atoms with Gasteiger partial charge in [-0.05, 0) is 37.3 Å². The van der Waals surface area contributed by atoms with Crippen molar-refractivity contribution in [3.63, 3.8) is 0 Å². The first-order valence-corrected chi connectivity index (χ1v) is 6.38. The van der Waals surface area contributed by atoms with Crippen LogP contribution in [0.5, 0.6) is 5.75 Å². The summed E-state index contributed by atoms with van der Waals surface area (Å²) in [6.45, 7) is 1.62. The first-order valence-electron chi connectivity index (χ1n) is 6.38. The maximum atomic E-state index is 13.3. The van der Waals surface area contributed by atoms with Crippen LogP contribution in [0.3, 0.4) is 0 Å². The van der Waals surface area contributed by atoms with E-state index in [-0.39, 0.29) is 5.82 Å². The average Bonchev–Trinajstić information content (AvgIpc) is 2.46. The number of methoxy groups -OCH3 is 1. The van der Waals surface area contributed by atoms with Crippen LogP contribution in [0.25, 0.3) is 0 Å². The number of ether oxygens (including phenoxy) is 1. The molecule has 0 heterocycles. The van der Waals surface area contributed by atoms with Crippen molar-refractivity contribution in [2.24, 2.45) is 0 Å². The second-order valence-corrected chi connectivity index (χ2v) is 4.64. The average molecular weight is 275 g/mol. The second-order valence-electron chi connectivity index (χ2n) is 4.64. The quantitative estimate of drug-likeness (QED) is 0.924. The van der Waals surface area contributed by atoms with Gasteiger partial charge in [0.2, 0.25) is 0 Å². The molecule has 0 saturated carbocycles. The summed E-state index contributed by atoms with van der Waals surface area (Å²) in [5.41, 5.74) is 2.21. The molecule has 0 spiro atoms. The Morgan fingerprint density at radius 2 is 1.95 bits per heavy atom. The topological polar surface area (TPSA) is 32.7 Å². The Morgan fingerprint density at radius 1 is 1.20 bits per heavy atom. The summed E-state index contributed by atoms with van der Waals surface area (Å²) < 4.78 is 18.5. The minimum absolute atomic E-state index is 0.358. The van der Waals surface area contributed by atoms with Crippen molar-refractivity contribution in [1.82, 2.24) is 0 Å². The molecule has 0 aliphatic carbocycles. The summed E-state index contributed by atoms with van der Waals surface area (Å²) in [5.74, 6) is 0.388. The van der Waals surface area contributed by atoms with Crippen LogP contribution in [0.1, 0.15) is 18.6 Å². The van der Waals surface area contributed by atoms with Gasteiger partial charge in [0.05, 0.1) is 13.2 Å². The highest BCUT2D eigenvalue weighted by atomic mass is 19.1. The van der Waals surface area contributed by atoms with Gasteiger partial charge in [-0.1, -0.05) is 6.07 Å². The fraction of sp³-hybridized carbons (Fsp3) is 0.250. The molecule has 0 amide bonds. The van der Waals surface area contributed by atoms with Crippen molar-refractivity contribution in [2.45, 2.75) is 13.0 Å². The zero-order valence-corrected chi connectivity index (χ0v) is 11.8. The first kappa shape index (κ1) is 14.3. The summed E-state index contributed by atoms with van der Waals surface area (Å²) in [5, 5.41) is 9.81. The van der Waals surface area contributed by atoms with Crippen LogP contribution in [-0.4, -0.2) is 19.3 Å². The van der Waals surface area contributed by atoms with Crippen LogP contribution < -0.4 is 9.64 Å². The van der Waals surface area contributed by atoms with E-state index in [2.05, 4.69) is 0 Å². The lowest BCUT2D eigenvalue weighted by molar-refractivity contribution is 0.199. The molecule has 20 heavy (non-hydrogen) atoms. The lowest BCUT2D eigenvalue weighted by atomic mass is 10.1. The largest absolute Gasteiger partial charge is 0.497 e. The summed E-state index contributed by atoms with van der Waals surface area (Å²) in [7, 11) is 3.48. The number of aliphatic hydroxyl groups excluding tert-OH is 1. The number of nitrogens with zero attached hydrogens (tertiary/aromatic N) is 1. The van der Waals surface area contributed by atoms with Crippen LogP contribution in [0.15, 0.2) is 42.5 Å². The molecule has 0 saturated heterocycles. The van der Waals surface area contributed by atoms with Gasteiger partial charge in [0.25, 0.3) is 0 Å². The molecule has 0 aliphatic rings. The predicted octanol–water partition coefficient (Wildman–Crippen LogP) is 3.66. The van der Waals surface area contributed by atoms with Gasteiger partial charge in [-0.2, -0.15) is 0 Å². The van der Waals surface area contributed by atoms with Gasteiger partial charge in [0.1, 0.15) is 11.6 Å². The number of benzene rings is 2. The number of rotatable bonds is 4. The Morgan fingerprint density at radius 3 is 2.60 bits per heavy atom. The van der Waals surface area contributed by atoms with Gasteiger partial charge in [-0.3, -0.25) is 0 Å². The summed E-state index contributed by atoms with van der Waals surface area (Å²) in [6.07, 6.45) is -0.742. The van der Waals surface area contributed by atoms with Crippen molar-refractivity contribution >= 4 is 11.4 Å². The number of hydrogen-bond donors (Lipinski definition) is 1. The minimum Gasteiger partial charge on any atom is -0.497 e. The Hall–Kier alpha value is -2.07. The lowest BCUT2D eigenvalue weighted by Crippen LogP contribution is -2.13. The fourth-order valence-corrected chi connectivity index (χ4v) is 2.12. The van der Waals surface area contributed by atoms with Crippen LogP contribution in [0.2, 0.25) is 0 Å². The number of hydrogen-bond acceptors (Lipinski definition) is 3. The molecule has 106 valence electrons. The van der Waals surface area contributed by atoms with Crippen molar-refractivity contribution in [3.05, 3.63) is 53.8 Å². The molecule has 0 radical (unpaired) electrons. The van der Waals surface area contributed by atoms with Crippen molar-refractivity contribution in [2.75, 3.05) is 19.1 Å². The van der Waals surface area contributed by atoms with E-state index in [4.69, 9.17) is 4.74 Å². The smallest absolute Gasteiger partial charge is 0.123 e. The Bertz CT molecular complexity index is 599. The molecule has 2 aromatic rings. The Kier molecular flexibility index (Phi) is 4.25. The molecule has 3 nitrogen and oxygen atoms in total. The van der Waals surface area contributed by atoms with E-state index >= 15 is 0 Å². The Balaban J connectivity index is 2.44. The molecule has 0 aliphatic heterocycles. The lowest BCUT2D eigenvalue weighted by Gasteiger charge is -2.24. The van der Waals surface area contributed by atoms with E-state index in [0.717, 1.165) is 17.1 Å². The van der Waals surface area contributed by atoms with Gasteiger partial charge >= 0.3 is 0 Å². The number of halogens is 1. The molecular weight excluding hydrogens is 257 g/mol. The van der Waals surface area contributed by atoms with E-state index in [0.29, 0.717) is 5.56 Å². The molecule has 2 aromatic carbocycles. The molecule has 1 N–H and O–H groups in total. The highest BCUT2D eigenvalue weighted by Crippen LogP contribution is 2.32. The molecule has 1 atom stereocenters. The standard InChI is InChI=1S/C16H18FNO2/c1-11(19)15-9-12(17)7-8-16(15)18(2)13-5-4-6-14(10-13)20-3/h4-11,19H,1-3H3. The fourth-order valence-electron chi connectivity index (χ4n) is 2.12. The van der Waals surface area contributed by atoms with Crippen molar-refractivity contribution < 1.29 is 14.2 Å². The van der Waals surface area contributed by atoms with E-state index < -0.39 is 6.10 Å². The highest BCUT2D eigenvalue weighted by molar-refractivity contribution is 5.67. The highest BCUT2D eigenvalue weighted by Gasteiger charge is 2.14. The molecule has 0 bridgehead atoms. The van der Waals surface area contributed by atoms with E-state index in [1.54, 1.807) is 20.1 Å². The van der Waals surface area contributed by atoms with E-state index in [1.165, 1.54) is 12.1 Å².